The normalized spacial score (nSPS) is 21.1. The van der Waals surface area contributed by atoms with Gasteiger partial charge in [0.2, 0.25) is 5.91 Å². The third-order valence-corrected chi connectivity index (χ3v) is 11.5. The number of rotatable bonds is 40. The fraction of sp³-hybridized carbons (Fsp3) is 0.896. The molecule has 1 fully saturated rings. The maximum Gasteiger partial charge on any atom is 0.220 e. The molecule has 0 bridgehead atoms. The van der Waals surface area contributed by atoms with E-state index in [0.29, 0.717) is 6.42 Å². The highest BCUT2D eigenvalue weighted by Gasteiger charge is 2.44. The Kier molecular flexibility index (Phi) is 36.6. The molecule has 6 N–H and O–H groups in total. The number of unbranched alkanes of at least 4 members (excludes halogenated alkanes) is 28. The Morgan fingerprint density at radius 2 is 0.982 bits per heavy atom. The number of amides is 1. The zero-order valence-electron chi connectivity index (χ0n) is 36.9. The number of hydrogen-bond acceptors (Lipinski definition) is 8. The number of aliphatic hydroxyl groups is 5. The Balaban J connectivity index is 2.32. The monoisotopic (exact) mass is 810 g/mol. The van der Waals surface area contributed by atoms with Crippen molar-refractivity contribution < 1.29 is 39.8 Å². The number of nitrogens with one attached hydrogen (secondary N) is 1. The van der Waals surface area contributed by atoms with Crippen molar-refractivity contribution in [2.45, 2.75) is 262 Å². The number of ether oxygens (including phenoxy) is 2. The van der Waals surface area contributed by atoms with Gasteiger partial charge >= 0.3 is 0 Å². The van der Waals surface area contributed by atoms with Crippen LogP contribution in [-0.4, -0.2) is 87.5 Å². The van der Waals surface area contributed by atoms with Gasteiger partial charge in [-0.1, -0.05) is 192 Å². The molecule has 9 heteroatoms. The zero-order chi connectivity index (χ0) is 41.6. The van der Waals surface area contributed by atoms with Crippen LogP contribution in [0.2, 0.25) is 0 Å². The fourth-order valence-corrected chi connectivity index (χ4v) is 7.62. The van der Waals surface area contributed by atoms with Gasteiger partial charge < -0.3 is 40.3 Å². The largest absolute Gasteiger partial charge is 0.394 e. The molecule has 1 saturated heterocycles. The fourth-order valence-electron chi connectivity index (χ4n) is 7.62. The van der Waals surface area contributed by atoms with E-state index >= 15 is 0 Å². The molecule has 0 spiro atoms. The number of hydrogen-bond donors (Lipinski definition) is 6. The van der Waals surface area contributed by atoms with Crippen molar-refractivity contribution in [3.63, 3.8) is 0 Å². The summed E-state index contributed by atoms with van der Waals surface area (Å²) in [6.45, 7) is 3.76. The summed E-state index contributed by atoms with van der Waals surface area (Å²) in [5.74, 6) is -0.185. The highest BCUT2D eigenvalue weighted by atomic mass is 16.7. The van der Waals surface area contributed by atoms with E-state index in [1.54, 1.807) is 6.08 Å². The standard InChI is InChI=1S/C48H91NO8/c1-3-5-7-9-11-13-15-17-18-19-20-21-22-23-24-26-27-29-31-33-35-37-42(51)41(40-56-48-47(55)46(54)45(53)43(39-50)57-48)49-44(52)38-36-34-32-30-28-25-16-14-12-10-8-6-4-2/h14,16,35,37,41-43,45-48,50-51,53-55H,3-13,15,17-34,36,38-40H2,1-2H3,(H,49,52)/b16-14-,37-35+. The van der Waals surface area contributed by atoms with Crippen LogP contribution in [0.5, 0.6) is 0 Å². The summed E-state index contributed by atoms with van der Waals surface area (Å²) in [4.78, 5) is 12.9. The van der Waals surface area contributed by atoms with Crippen LogP contribution in [0.3, 0.4) is 0 Å². The van der Waals surface area contributed by atoms with E-state index in [2.05, 4.69) is 31.3 Å². The van der Waals surface area contributed by atoms with Crippen LogP contribution in [0.1, 0.15) is 219 Å². The van der Waals surface area contributed by atoms with Crippen LogP contribution in [0.25, 0.3) is 0 Å². The number of allylic oxidation sites excluding steroid dienone is 3. The van der Waals surface area contributed by atoms with Crippen molar-refractivity contribution in [1.29, 1.82) is 0 Å². The summed E-state index contributed by atoms with van der Waals surface area (Å²) in [6.07, 6.45) is 39.4. The third-order valence-electron chi connectivity index (χ3n) is 11.5. The molecule has 9 nitrogen and oxygen atoms in total. The summed E-state index contributed by atoms with van der Waals surface area (Å²) in [6, 6.07) is -0.806. The first kappa shape index (κ1) is 53.7. The zero-order valence-corrected chi connectivity index (χ0v) is 36.9. The summed E-state index contributed by atoms with van der Waals surface area (Å²) in [7, 11) is 0. The molecule has 57 heavy (non-hydrogen) atoms. The van der Waals surface area contributed by atoms with Gasteiger partial charge in [-0.25, -0.2) is 0 Å². The molecule has 7 atom stereocenters. The van der Waals surface area contributed by atoms with Crippen molar-refractivity contribution in [3.8, 4) is 0 Å². The minimum atomic E-state index is -1.57. The van der Waals surface area contributed by atoms with Gasteiger partial charge in [0.05, 0.1) is 25.4 Å². The van der Waals surface area contributed by atoms with Gasteiger partial charge in [-0.3, -0.25) is 4.79 Å². The van der Waals surface area contributed by atoms with E-state index in [0.717, 1.165) is 57.8 Å². The predicted molar refractivity (Wildman–Crippen MR) is 235 cm³/mol. The Morgan fingerprint density at radius 1 is 0.579 bits per heavy atom. The molecule has 1 aliphatic heterocycles. The van der Waals surface area contributed by atoms with Crippen LogP contribution >= 0.6 is 0 Å². The molecule has 1 rings (SSSR count). The third kappa shape index (κ3) is 29.5. The highest BCUT2D eigenvalue weighted by Crippen LogP contribution is 2.23. The van der Waals surface area contributed by atoms with Crippen LogP contribution in [-0.2, 0) is 14.3 Å². The summed E-state index contributed by atoms with van der Waals surface area (Å²) in [5.41, 5.74) is 0. The van der Waals surface area contributed by atoms with E-state index in [1.165, 1.54) is 141 Å². The van der Waals surface area contributed by atoms with Gasteiger partial charge in [0.15, 0.2) is 6.29 Å². The summed E-state index contributed by atoms with van der Waals surface area (Å²) in [5, 5.41) is 54.2. The second-order valence-corrected chi connectivity index (χ2v) is 16.9. The van der Waals surface area contributed by atoms with E-state index in [9.17, 15) is 30.3 Å². The molecule has 1 aliphatic rings. The molecular weight excluding hydrogens is 719 g/mol. The molecule has 0 radical (unpaired) electrons. The van der Waals surface area contributed by atoms with E-state index in [1.807, 2.05) is 6.08 Å². The van der Waals surface area contributed by atoms with Gasteiger partial charge in [0.25, 0.3) is 0 Å². The SMILES string of the molecule is CCCCCC/C=C\CCCCCCCC(=O)NC(COC1OC(CO)C(O)C(O)C1O)C(O)/C=C/CCCCCCCCCCCCCCCCCCCCC. The molecule has 1 heterocycles. The van der Waals surface area contributed by atoms with Crippen molar-refractivity contribution >= 4 is 5.91 Å². The van der Waals surface area contributed by atoms with Crippen LogP contribution in [0, 0.1) is 0 Å². The van der Waals surface area contributed by atoms with Crippen molar-refractivity contribution in [2.24, 2.45) is 0 Å². The Morgan fingerprint density at radius 3 is 1.44 bits per heavy atom. The van der Waals surface area contributed by atoms with E-state index in [-0.39, 0.29) is 12.5 Å². The first-order chi connectivity index (χ1) is 27.8. The number of carbonyl (C=O) groups is 1. The van der Waals surface area contributed by atoms with Crippen LogP contribution in [0.15, 0.2) is 24.3 Å². The first-order valence-electron chi connectivity index (χ1n) is 24.1. The molecule has 0 aromatic heterocycles. The van der Waals surface area contributed by atoms with Gasteiger partial charge in [0, 0.05) is 6.42 Å². The quantitative estimate of drug-likeness (QED) is 0.0265. The lowest BCUT2D eigenvalue weighted by Crippen LogP contribution is -2.60. The lowest BCUT2D eigenvalue weighted by molar-refractivity contribution is -0.302. The van der Waals surface area contributed by atoms with Gasteiger partial charge in [0.1, 0.15) is 24.4 Å². The second kappa shape index (κ2) is 38.8. The molecule has 336 valence electrons. The average Bonchev–Trinajstić information content (AvgIpc) is 3.21. The lowest BCUT2D eigenvalue weighted by Gasteiger charge is -2.40. The van der Waals surface area contributed by atoms with Crippen molar-refractivity contribution in [2.75, 3.05) is 13.2 Å². The first-order valence-corrected chi connectivity index (χ1v) is 24.1. The molecule has 0 aromatic rings. The Labute approximate surface area is 349 Å². The van der Waals surface area contributed by atoms with Gasteiger partial charge in [-0.05, 0) is 44.9 Å². The molecule has 1 amide bonds. The number of aliphatic hydroxyl groups excluding tert-OH is 5. The molecular formula is C48H91NO8. The maximum atomic E-state index is 12.9. The van der Waals surface area contributed by atoms with Crippen molar-refractivity contribution in [1.82, 2.24) is 5.32 Å². The van der Waals surface area contributed by atoms with Crippen LogP contribution in [0.4, 0.5) is 0 Å². The molecule has 0 saturated carbocycles. The lowest BCUT2D eigenvalue weighted by atomic mass is 9.99. The van der Waals surface area contributed by atoms with Crippen molar-refractivity contribution in [3.05, 3.63) is 24.3 Å². The number of carbonyl (C=O) groups excluding carboxylic acids is 1. The molecule has 7 unspecified atom stereocenters. The minimum absolute atomic E-state index is 0.185. The predicted octanol–water partition coefficient (Wildman–Crippen LogP) is 10.3. The average molecular weight is 810 g/mol. The molecule has 0 aromatic carbocycles. The Bertz CT molecular complexity index is 945. The smallest absolute Gasteiger partial charge is 0.220 e. The van der Waals surface area contributed by atoms with Gasteiger partial charge in [-0.15, -0.1) is 0 Å². The summed E-state index contributed by atoms with van der Waals surface area (Å²) < 4.78 is 11.2. The maximum absolute atomic E-state index is 12.9. The Hall–Kier alpha value is -1.33. The summed E-state index contributed by atoms with van der Waals surface area (Å²) >= 11 is 0. The topological polar surface area (TPSA) is 149 Å². The highest BCUT2D eigenvalue weighted by molar-refractivity contribution is 5.76. The minimum Gasteiger partial charge on any atom is -0.394 e. The second-order valence-electron chi connectivity index (χ2n) is 16.9. The van der Waals surface area contributed by atoms with E-state index in [4.69, 9.17) is 9.47 Å². The van der Waals surface area contributed by atoms with Gasteiger partial charge in [-0.2, -0.15) is 0 Å². The van der Waals surface area contributed by atoms with Crippen LogP contribution < -0.4 is 5.32 Å². The molecule has 0 aliphatic carbocycles. The van der Waals surface area contributed by atoms with E-state index < -0.39 is 49.5 Å².